The van der Waals surface area contributed by atoms with Gasteiger partial charge < -0.3 is 5.11 Å². The molecule has 0 amide bonds. The Balaban J connectivity index is 0.000000500. The highest BCUT2D eigenvalue weighted by molar-refractivity contribution is 7.35. The van der Waals surface area contributed by atoms with Crippen LogP contribution in [0.25, 0.3) is 6.08 Å². The zero-order valence-corrected chi connectivity index (χ0v) is 10.3. The van der Waals surface area contributed by atoms with Gasteiger partial charge in [-0.2, -0.15) is 0 Å². The van der Waals surface area contributed by atoms with E-state index in [1.165, 1.54) is 16.2 Å². The maximum absolute atomic E-state index is 8.36. The molecule has 0 bridgehead atoms. The Morgan fingerprint density at radius 3 is 2.29 bits per heavy atom. The summed E-state index contributed by atoms with van der Waals surface area (Å²) in [5.41, 5.74) is 1.25. The highest BCUT2D eigenvalue weighted by atomic mass is 31.0. The molecule has 1 N–H and O–H groups in total. The van der Waals surface area contributed by atoms with Gasteiger partial charge in [0.15, 0.2) is 0 Å². The van der Waals surface area contributed by atoms with Crippen molar-refractivity contribution in [2.45, 2.75) is 6.92 Å². The van der Waals surface area contributed by atoms with Crippen LogP contribution < -0.4 is 10.6 Å². The summed E-state index contributed by atoms with van der Waals surface area (Å²) in [5.74, 6) is 0. The molecular weight excluding hydrogens is 214 g/mol. The molecule has 76 valence electrons. The van der Waals surface area contributed by atoms with Gasteiger partial charge in [0.1, 0.15) is 0 Å². The van der Waals surface area contributed by atoms with E-state index in [0.29, 0.717) is 0 Å². The zero-order valence-electron chi connectivity index (χ0n) is 7.97. The van der Waals surface area contributed by atoms with E-state index in [2.05, 4.69) is 42.8 Å². The van der Waals surface area contributed by atoms with E-state index >= 15 is 0 Å². The molecule has 0 heterocycles. The Hall–Kier alpha value is -0.710. The summed E-state index contributed by atoms with van der Waals surface area (Å²) in [6.07, 6.45) is 4.14. The molecule has 2 atom stereocenters. The van der Waals surface area contributed by atoms with E-state index in [9.17, 15) is 0 Å². The number of carbonyl (C=O) groups is 1. The van der Waals surface area contributed by atoms with Gasteiger partial charge >= 0.3 is 0 Å². The van der Waals surface area contributed by atoms with Crippen molar-refractivity contribution < 1.29 is 9.90 Å². The van der Waals surface area contributed by atoms with Crippen molar-refractivity contribution in [1.82, 2.24) is 0 Å². The second-order valence-electron chi connectivity index (χ2n) is 2.49. The molecule has 1 aromatic rings. The lowest BCUT2D eigenvalue weighted by Gasteiger charge is -1.99. The average molecular weight is 228 g/mol. The van der Waals surface area contributed by atoms with Gasteiger partial charge in [-0.15, -0.1) is 18.5 Å². The van der Waals surface area contributed by atoms with Crippen LogP contribution in [0.5, 0.6) is 0 Å². The molecule has 1 rings (SSSR count). The summed E-state index contributed by atoms with van der Waals surface area (Å²) >= 11 is 0. The third kappa shape index (κ3) is 5.11. The maximum atomic E-state index is 8.36. The van der Waals surface area contributed by atoms with Gasteiger partial charge in [0.25, 0.3) is 6.47 Å². The van der Waals surface area contributed by atoms with Crippen molar-refractivity contribution in [1.29, 1.82) is 0 Å². The van der Waals surface area contributed by atoms with E-state index in [0.717, 1.165) is 0 Å². The van der Waals surface area contributed by atoms with Gasteiger partial charge in [-0.1, -0.05) is 24.3 Å². The molecule has 0 saturated carbocycles. The topological polar surface area (TPSA) is 37.3 Å². The quantitative estimate of drug-likeness (QED) is 0.583. The van der Waals surface area contributed by atoms with E-state index < -0.39 is 0 Å². The first-order valence-corrected chi connectivity index (χ1v) is 5.16. The normalized spacial score (nSPS) is 9.36. The van der Waals surface area contributed by atoms with Gasteiger partial charge in [0.2, 0.25) is 0 Å². The summed E-state index contributed by atoms with van der Waals surface area (Å²) in [7, 11) is 5.42. The van der Waals surface area contributed by atoms with E-state index in [1.807, 2.05) is 13.0 Å². The molecule has 2 unspecified atom stereocenters. The highest BCUT2D eigenvalue weighted by Gasteiger charge is 1.91. The minimum absolute atomic E-state index is 0.250. The first-order valence-electron chi connectivity index (χ1n) is 4.01. The largest absolute Gasteiger partial charge is 0.483 e. The Labute approximate surface area is 88.8 Å². The number of hydrogen-bond acceptors (Lipinski definition) is 1. The first-order chi connectivity index (χ1) is 6.65. The molecule has 0 saturated heterocycles. The predicted octanol–water partition coefficient (Wildman–Crippen LogP) is 1.42. The number of benzene rings is 1. The van der Waals surface area contributed by atoms with Crippen molar-refractivity contribution in [2.24, 2.45) is 0 Å². The molecule has 0 aliphatic rings. The van der Waals surface area contributed by atoms with Gasteiger partial charge in [-0.05, 0) is 29.2 Å². The van der Waals surface area contributed by atoms with Crippen LogP contribution in [0.4, 0.5) is 0 Å². The second-order valence-corrected chi connectivity index (χ2v) is 3.74. The minimum atomic E-state index is -0.250. The molecule has 0 aliphatic carbocycles. The van der Waals surface area contributed by atoms with Gasteiger partial charge in [0, 0.05) is 0 Å². The molecule has 0 aliphatic heterocycles. The lowest BCUT2D eigenvalue weighted by molar-refractivity contribution is -0.122. The smallest absolute Gasteiger partial charge is 0.290 e. The molecule has 2 nitrogen and oxygen atoms in total. The summed E-state index contributed by atoms with van der Waals surface area (Å²) in [5, 5.41) is 9.37. The predicted molar refractivity (Wildman–Crippen MR) is 68.5 cm³/mol. The summed E-state index contributed by atoms with van der Waals surface area (Å²) < 4.78 is 0. The van der Waals surface area contributed by atoms with Crippen LogP contribution >= 0.6 is 18.5 Å². The van der Waals surface area contributed by atoms with Crippen LogP contribution in [-0.4, -0.2) is 11.6 Å². The van der Waals surface area contributed by atoms with Crippen LogP contribution in [0.1, 0.15) is 12.5 Å². The fourth-order valence-corrected chi connectivity index (χ4v) is 1.36. The third-order valence-electron chi connectivity index (χ3n) is 1.47. The van der Waals surface area contributed by atoms with E-state index in [-0.39, 0.29) is 6.47 Å². The number of carboxylic acid groups (broad SMARTS) is 1. The van der Waals surface area contributed by atoms with Gasteiger partial charge in [-0.25, -0.2) is 0 Å². The van der Waals surface area contributed by atoms with Gasteiger partial charge in [-0.3, -0.25) is 4.79 Å². The standard InChI is InChI=1S/C9H12P2.CH2O2/c1-2-3-7-4-5-8(10)9(11)6-7;2-1-3/h2-6H,10-11H2,1H3;1H,(H,2,3)/b3-2+;. The molecule has 4 heteroatoms. The van der Waals surface area contributed by atoms with E-state index in [4.69, 9.17) is 9.90 Å². The number of hydrogen-bond donors (Lipinski definition) is 1. The molecular formula is C10H14O2P2. The molecule has 0 radical (unpaired) electrons. The van der Waals surface area contributed by atoms with E-state index in [1.54, 1.807) is 0 Å². The Morgan fingerprint density at radius 1 is 1.29 bits per heavy atom. The molecule has 0 spiro atoms. The van der Waals surface area contributed by atoms with Crippen LogP contribution in [0, 0.1) is 0 Å². The average Bonchev–Trinajstić information content (AvgIpc) is 2.13. The fourth-order valence-electron chi connectivity index (χ4n) is 0.889. The third-order valence-corrected chi connectivity index (χ3v) is 2.83. The molecule has 0 aromatic heterocycles. The molecule has 0 fully saturated rings. The fraction of sp³-hybridized carbons (Fsp3) is 0.100. The van der Waals surface area contributed by atoms with Crippen molar-refractivity contribution >= 4 is 41.6 Å². The SMILES string of the molecule is C/C=C/c1ccc(P)c(P)c1.O=CO. The monoisotopic (exact) mass is 228 g/mol. The van der Waals surface area contributed by atoms with Crippen molar-refractivity contribution in [3.63, 3.8) is 0 Å². The van der Waals surface area contributed by atoms with Crippen molar-refractivity contribution in [3.05, 3.63) is 29.8 Å². The number of rotatable bonds is 1. The van der Waals surface area contributed by atoms with Crippen LogP contribution in [0.2, 0.25) is 0 Å². The summed E-state index contributed by atoms with van der Waals surface area (Å²) in [6.45, 7) is 1.77. The summed E-state index contributed by atoms with van der Waals surface area (Å²) in [4.78, 5) is 8.36. The lowest BCUT2D eigenvalue weighted by atomic mass is 10.2. The lowest BCUT2D eigenvalue weighted by Crippen LogP contribution is -2.09. The van der Waals surface area contributed by atoms with Crippen molar-refractivity contribution in [2.75, 3.05) is 0 Å². The second kappa shape index (κ2) is 7.67. The number of allylic oxidation sites excluding steroid dienone is 1. The van der Waals surface area contributed by atoms with Crippen molar-refractivity contribution in [3.8, 4) is 0 Å². The zero-order chi connectivity index (χ0) is 11.0. The molecule has 1 aromatic carbocycles. The Morgan fingerprint density at radius 2 is 1.86 bits per heavy atom. The van der Waals surface area contributed by atoms with Crippen LogP contribution in [-0.2, 0) is 4.79 Å². The highest BCUT2D eigenvalue weighted by Crippen LogP contribution is 2.02. The Kier molecular flexibility index (Phi) is 7.28. The van der Waals surface area contributed by atoms with Crippen LogP contribution in [0.3, 0.4) is 0 Å². The van der Waals surface area contributed by atoms with Crippen LogP contribution in [0.15, 0.2) is 24.3 Å². The first kappa shape index (κ1) is 13.3. The summed E-state index contributed by atoms with van der Waals surface area (Å²) in [6, 6.07) is 6.35. The maximum Gasteiger partial charge on any atom is 0.290 e. The Bertz CT molecular complexity index is 322. The van der Waals surface area contributed by atoms with Gasteiger partial charge in [0.05, 0.1) is 0 Å². The minimum Gasteiger partial charge on any atom is -0.483 e. The molecule has 14 heavy (non-hydrogen) atoms.